The zero-order valence-corrected chi connectivity index (χ0v) is 13.7. The van der Waals surface area contributed by atoms with E-state index < -0.39 is 21.8 Å². The van der Waals surface area contributed by atoms with Crippen LogP contribution in [0.15, 0.2) is 22.7 Å². The van der Waals surface area contributed by atoms with Crippen molar-refractivity contribution in [2.24, 2.45) is 0 Å². The van der Waals surface area contributed by atoms with Crippen molar-refractivity contribution < 1.29 is 21.6 Å². The minimum Gasteiger partial charge on any atom is -0.320 e. The number of halogens is 4. The molecular weight excluding hydrogens is 373 g/mol. The second kappa shape index (κ2) is 7.46. The number of benzene rings is 1. The van der Waals surface area contributed by atoms with E-state index in [2.05, 4.69) is 26.0 Å². The van der Waals surface area contributed by atoms with Gasteiger partial charge in [0, 0.05) is 4.47 Å². The van der Waals surface area contributed by atoms with Gasteiger partial charge < -0.3 is 5.32 Å². The molecule has 0 bridgehead atoms. The van der Waals surface area contributed by atoms with Crippen LogP contribution in [0, 0.1) is 0 Å². The quantitative estimate of drug-likeness (QED) is 0.705. The van der Waals surface area contributed by atoms with Crippen molar-refractivity contribution in [3.8, 4) is 0 Å². The Kier molecular flexibility index (Phi) is 6.48. The van der Waals surface area contributed by atoms with Crippen LogP contribution in [0.3, 0.4) is 0 Å². The fraction of sp³-hybridized carbons (Fsp3) is 0.500. The van der Waals surface area contributed by atoms with E-state index in [0.29, 0.717) is 19.4 Å². The van der Waals surface area contributed by atoms with Crippen molar-refractivity contribution in [2.75, 3.05) is 24.1 Å². The summed E-state index contributed by atoms with van der Waals surface area (Å²) in [4.78, 5) is 0. The summed E-state index contributed by atoms with van der Waals surface area (Å²) >= 11 is 3.04. The van der Waals surface area contributed by atoms with Crippen LogP contribution in [-0.4, -0.2) is 27.8 Å². The van der Waals surface area contributed by atoms with Gasteiger partial charge in [-0.3, -0.25) is 4.72 Å². The number of rotatable bonds is 7. The lowest BCUT2D eigenvalue weighted by Crippen LogP contribution is -2.19. The number of nitrogens with one attached hydrogen (secondary N) is 2. The van der Waals surface area contributed by atoms with E-state index in [-0.39, 0.29) is 15.9 Å². The van der Waals surface area contributed by atoms with Crippen LogP contribution < -0.4 is 10.0 Å². The Morgan fingerprint density at radius 2 is 1.90 bits per heavy atom. The van der Waals surface area contributed by atoms with Crippen LogP contribution in [0.4, 0.5) is 18.9 Å². The SMILES string of the molecule is CNCCCCS(=O)(=O)Nc1cc(C(F)(F)F)ccc1Br. The van der Waals surface area contributed by atoms with Gasteiger partial charge in [-0.05, 0) is 60.6 Å². The molecule has 9 heteroatoms. The Hall–Kier alpha value is -0.800. The van der Waals surface area contributed by atoms with E-state index in [9.17, 15) is 21.6 Å². The maximum absolute atomic E-state index is 12.6. The second-order valence-electron chi connectivity index (χ2n) is 4.42. The van der Waals surface area contributed by atoms with E-state index in [0.717, 1.165) is 12.1 Å². The van der Waals surface area contributed by atoms with Crippen LogP contribution in [0.1, 0.15) is 18.4 Å². The molecule has 0 aliphatic rings. The highest BCUT2D eigenvalue weighted by Crippen LogP contribution is 2.34. The van der Waals surface area contributed by atoms with Gasteiger partial charge in [0.1, 0.15) is 0 Å². The minimum atomic E-state index is -4.52. The van der Waals surface area contributed by atoms with Crippen molar-refractivity contribution in [3.05, 3.63) is 28.2 Å². The number of alkyl halides is 3. The number of hydrogen-bond donors (Lipinski definition) is 2. The standard InChI is InChI=1S/C12H16BrF3N2O2S/c1-17-6-2-3-7-21(19,20)18-11-8-9(12(14,15)16)4-5-10(11)13/h4-5,8,17-18H,2-3,6-7H2,1H3. The first kappa shape index (κ1) is 18.2. The molecule has 0 atom stereocenters. The van der Waals surface area contributed by atoms with Crippen LogP contribution in [0.25, 0.3) is 0 Å². The fourth-order valence-corrected chi connectivity index (χ4v) is 3.26. The Morgan fingerprint density at radius 3 is 2.48 bits per heavy atom. The van der Waals surface area contributed by atoms with Crippen LogP contribution in [0.5, 0.6) is 0 Å². The molecule has 0 aliphatic carbocycles. The highest BCUT2D eigenvalue weighted by Gasteiger charge is 2.31. The summed E-state index contributed by atoms with van der Waals surface area (Å²) in [5.41, 5.74) is -1.02. The monoisotopic (exact) mass is 388 g/mol. The van der Waals surface area contributed by atoms with Gasteiger partial charge in [-0.15, -0.1) is 0 Å². The van der Waals surface area contributed by atoms with Crippen LogP contribution in [-0.2, 0) is 16.2 Å². The summed E-state index contributed by atoms with van der Waals surface area (Å²) in [5.74, 6) is -0.142. The molecule has 0 saturated carbocycles. The molecule has 0 aromatic heterocycles. The zero-order chi connectivity index (χ0) is 16.1. The first-order valence-electron chi connectivity index (χ1n) is 6.17. The molecule has 120 valence electrons. The summed E-state index contributed by atoms with van der Waals surface area (Å²) in [6.07, 6.45) is -3.43. The maximum atomic E-state index is 12.6. The highest BCUT2D eigenvalue weighted by atomic mass is 79.9. The van der Waals surface area contributed by atoms with Crippen molar-refractivity contribution in [1.82, 2.24) is 5.32 Å². The third-order valence-corrected chi connectivity index (χ3v) is 4.70. The normalized spacial score (nSPS) is 12.4. The van der Waals surface area contributed by atoms with E-state index in [4.69, 9.17) is 0 Å². The average molecular weight is 389 g/mol. The Labute approximate surface area is 130 Å². The molecule has 0 fully saturated rings. The topological polar surface area (TPSA) is 58.2 Å². The third-order valence-electron chi connectivity index (χ3n) is 2.65. The molecule has 4 nitrogen and oxygen atoms in total. The molecule has 0 unspecified atom stereocenters. The van der Waals surface area contributed by atoms with Crippen molar-refractivity contribution >= 4 is 31.6 Å². The number of hydrogen-bond acceptors (Lipinski definition) is 3. The molecule has 0 spiro atoms. The van der Waals surface area contributed by atoms with E-state index in [1.165, 1.54) is 6.07 Å². The van der Waals surface area contributed by atoms with Gasteiger partial charge in [0.2, 0.25) is 10.0 Å². The zero-order valence-electron chi connectivity index (χ0n) is 11.3. The van der Waals surface area contributed by atoms with Gasteiger partial charge in [-0.1, -0.05) is 0 Å². The molecule has 0 amide bonds. The van der Waals surface area contributed by atoms with Gasteiger partial charge in [-0.2, -0.15) is 13.2 Å². The smallest absolute Gasteiger partial charge is 0.320 e. The molecule has 1 aromatic carbocycles. The molecule has 0 saturated heterocycles. The van der Waals surface area contributed by atoms with Crippen molar-refractivity contribution in [3.63, 3.8) is 0 Å². The number of unbranched alkanes of at least 4 members (excludes halogenated alkanes) is 1. The third kappa shape index (κ3) is 6.23. The van der Waals surface area contributed by atoms with E-state index in [1.807, 2.05) is 0 Å². The molecule has 0 radical (unpaired) electrons. The lowest BCUT2D eigenvalue weighted by Gasteiger charge is -2.13. The summed E-state index contributed by atoms with van der Waals surface area (Å²) in [7, 11) is -1.92. The van der Waals surface area contributed by atoms with Gasteiger partial charge in [0.25, 0.3) is 0 Å². The van der Waals surface area contributed by atoms with Gasteiger partial charge in [0.15, 0.2) is 0 Å². The van der Waals surface area contributed by atoms with Crippen molar-refractivity contribution in [2.45, 2.75) is 19.0 Å². The summed E-state index contributed by atoms with van der Waals surface area (Å²) in [5, 5.41) is 2.89. The van der Waals surface area contributed by atoms with Gasteiger partial charge >= 0.3 is 6.18 Å². The molecular formula is C12H16BrF3N2O2S. The number of sulfonamides is 1. The van der Waals surface area contributed by atoms with E-state index >= 15 is 0 Å². The van der Waals surface area contributed by atoms with E-state index in [1.54, 1.807) is 7.05 Å². The van der Waals surface area contributed by atoms with Crippen molar-refractivity contribution in [1.29, 1.82) is 0 Å². The fourth-order valence-electron chi connectivity index (χ4n) is 1.59. The summed E-state index contributed by atoms with van der Waals surface area (Å²) < 4.78 is 64.0. The Balaban J connectivity index is 2.82. The number of anilines is 1. The molecule has 1 rings (SSSR count). The van der Waals surface area contributed by atoms with Crippen LogP contribution >= 0.6 is 15.9 Å². The largest absolute Gasteiger partial charge is 0.416 e. The Bertz CT molecular complexity index is 576. The predicted octanol–water partition coefficient (Wildman–Crippen LogP) is 3.21. The van der Waals surface area contributed by atoms with Gasteiger partial charge in [0.05, 0.1) is 17.0 Å². The second-order valence-corrected chi connectivity index (χ2v) is 7.12. The first-order chi connectivity index (χ1) is 9.65. The molecule has 1 aromatic rings. The van der Waals surface area contributed by atoms with Crippen LogP contribution in [0.2, 0.25) is 0 Å². The lowest BCUT2D eigenvalue weighted by molar-refractivity contribution is -0.137. The Morgan fingerprint density at radius 1 is 1.24 bits per heavy atom. The first-order valence-corrected chi connectivity index (χ1v) is 8.62. The summed E-state index contributed by atoms with van der Waals surface area (Å²) in [6, 6.07) is 2.83. The van der Waals surface area contributed by atoms with Gasteiger partial charge in [-0.25, -0.2) is 8.42 Å². The minimum absolute atomic E-state index is 0.113. The highest BCUT2D eigenvalue weighted by molar-refractivity contribution is 9.10. The molecule has 21 heavy (non-hydrogen) atoms. The summed E-state index contributed by atoms with van der Waals surface area (Å²) in [6.45, 7) is 0.683. The molecule has 0 aliphatic heterocycles. The molecule has 2 N–H and O–H groups in total. The predicted molar refractivity (Wildman–Crippen MR) is 79.7 cm³/mol. The average Bonchev–Trinajstić information content (AvgIpc) is 2.36. The maximum Gasteiger partial charge on any atom is 0.416 e. The lowest BCUT2D eigenvalue weighted by atomic mass is 10.2. The molecule has 0 heterocycles.